The maximum Gasteiger partial charge on any atom is 0.272 e. The molecule has 0 saturated carbocycles. The number of aromatic nitrogens is 4. The van der Waals surface area contributed by atoms with E-state index in [1.165, 1.54) is 24.3 Å². The zero-order chi connectivity index (χ0) is 19.9. The Labute approximate surface area is 160 Å². The molecule has 0 saturated heterocycles. The molecule has 1 aliphatic carbocycles. The topological polar surface area (TPSA) is 92.7 Å². The van der Waals surface area contributed by atoms with Crippen LogP contribution in [-0.4, -0.2) is 25.9 Å². The summed E-state index contributed by atoms with van der Waals surface area (Å²) in [5, 5.41) is 13.5. The SMILES string of the molecule is CC1(C)Cc2c(cnn2-c2cccc(F)c2)[C@@H](NC(=O)c2ccc(=O)[nH]n2)C1. The van der Waals surface area contributed by atoms with Gasteiger partial charge in [0.2, 0.25) is 0 Å². The van der Waals surface area contributed by atoms with Gasteiger partial charge in [0, 0.05) is 11.6 Å². The van der Waals surface area contributed by atoms with Gasteiger partial charge in [-0.25, -0.2) is 14.2 Å². The van der Waals surface area contributed by atoms with Gasteiger partial charge >= 0.3 is 0 Å². The van der Waals surface area contributed by atoms with Crippen molar-refractivity contribution in [3.8, 4) is 5.69 Å². The van der Waals surface area contributed by atoms with Gasteiger partial charge in [-0.05, 0) is 42.5 Å². The predicted molar refractivity (Wildman–Crippen MR) is 101 cm³/mol. The van der Waals surface area contributed by atoms with Crippen LogP contribution >= 0.6 is 0 Å². The molecule has 1 aliphatic rings. The standard InChI is InChI=1S/C20H20FN5O2/c1-20(2)9-16(23-19(28)15-6-7-18(27)25-24-15)14-11-22-26(17(14)10-20)13-5-3-4-12(21)8-13/h3-8,11,16H,9-10H2,1-2H3,(H,23,28)(H,25,27)/t16-/m0/s1. The van der Waals surface area contributed by atoms with Crippen molar-refractivity contribution in [2.24, 2.45) is 5.41 Å². The highest BCUT2D eigenvalue weighted by molar-refractivity contribution is 5.92. The van der Waals surface area contributed by atoms with Crippen LogP contribution in [0.25, 0.3) is 5.69 Å². The lowest BCUT2D eigenvalue weighted by molar-refractivity contribution is 0.0913. The number of hydrogen-bond acceptors (Lipinski definition) is 4. The van der Waals surface area contributed by atoms with E-state index in [0.29, 0.717) is 5.69 Å². The number of hydrogen-bond donors (Lipinski definition) is 2. The molecule has 1 amide bonds. The lowest BCUT2D eigenvalue weighted by Gasteiger charge is -2.35. The van der Waals surface area contributed by atoms with Crippen molar-refractivity contribution in [2.45, 2.75) is 32.7 Å². The number of H-pyrrole nitrogens is 1. The third-order valence-corrected chi connectivity index (χ3v) is 4.95. The van der Waals surface area contributed by atoms with Gasteiger partial charge in [0.1, 0.15) is 11.5 Å². The first-order valence-corrected chi connectivity index (χ1v) is 9.02. The molecule has 2 N–H and O–H groups in total. The Morgan fingerprint density at radius 1 is 1.32 bits per heavy atom. The Bertz CT molecular complexity index is 1080. The molecule has 0 radical (unpaired) electrons. The first-order chi connectivity index (χ1) is 13.3. The molecular formula is C20H20FN5O2. The lowest BCUT2D eigenvalue weighted by Crippen LogP contribution is -2.37. The molecule has 2 heterocycles. The number of aromatic amines is 1. The molecule has 4 rings (SSSR count). The molecule has 3 aromatic rings. The van der Waals surface area contributed by atoms with Gasteiger partial charge in [-0.2, -0.15) is 10.2 Å². The number of benzene rings is 1. The van der Waals surface area contributed by atoms with Crippen molar-refractivity contribution >= 4 is 5.91 Å². The summed E-state index contributed by atoms with van der Waals surface area (Å²) in [6.45, 7) is 4.24. The molecule has 1 aromatic carbocycles. The number of carbonyl (C=O) groups excluding carboxylic acids is 1. The van der Waals surface area contributed by atoms with Crippen LogP contribution in [0.2, 0.25) is 0 Å². The molecule has 2 aromatic heterocycles. The summed E-state index contributed by atoms with van der Waals surface area (Å²) in [5.41, 5.74) is 2.18. The van der Waals surface area contributed by atoms with Crippen molar-refractivity contribution < 1.29 is 9.18 Å². The van der Waals surface area contributed by atoms with E-state index in [1.807, 2.05) is 0 Å². The minimum Gasteiger partial charge on any atom is -0.344 e. The van der Waals surface area contributed by atoms with Gasteiger partial charge in [-0.1, -0.05) is 19.9 Å². The molecule has 144 valence electrons. The molecule has 0 fully saturated rings. The summed E-state index contributed by atoms with van der Waals surface area (Å²) in [4.78, 5) is 23.8. The predicted octanol–water partition coefficient (Wildman–Crippen LogP) is 2.54. The van der Waals surface area contributed by atoms with Crippen LogP contribution < -0.4 is 10.9 Å². The maximum absolute atomic E-state index is 13.7. The number of amides is 1. The average Bonchev–Trinajstić information content (AvgIpc) is 3.05. The number of nitrogens with zero attached hydrogens (tertiary/aromatic N) is 3. The largest absolute Gasteiger partial charge is 0.344 e. The molecule has 1 atom stereocenters. The summed E-state index contributed by atoms with van der Waals surface area (Å²) >= 11 is 0. The quantitative estimate of drug-likeness (QED) is 0.729. The number of carbonyl (C=O) groups is 1. The summed E-state index contributed by atoms with van der Waals surface area (Å²) in [7, 11) is 0. The molecule has 28 heavy (non-hydrogen) atoms. The Kier molecular flexibility index (Phi) is 4.33. The van der Waals surface area contributed by atoms with E-state index >= 15 is 0 Å². The normalized spacial score (nSPS) is 17.8. The highest BCUT2D eigenvalue weighted by atomic mass is 19.1. The average molecular weight is 381 g/mol. The van der Waals surface area contributed by atoms with Crippen LogP contribution in [0.1, 0.15) is 48.1 Å². The zero-order valence-corrected chi connectivity index (χ0v) is 15.6. The zero-order valence-electron chi connectivity index (χ0n) is 15.6. The van der Waals surface area contributed by atoms with Crippen molar-refractivity contribution in [1.29, 1.82) is 0 Å². The number of halogens is 1. The summed E-state index contributed by atoms with van der Waals surface area (Å²) < 4.78 is 15.4. The fourth-order valence-corrected chi connectivity index (χ4v) is 3.70. The second kappa shape index (κ2) is 6.70. The Morgan fingerprint density at radius 3 is 2.86 bits per heavy atom. The maximum atomic E-state index is 13.7. The van der Waals surface area contributed by atoms with Crippen LogP contribution in [-0.2, 0) is 6.42 Å². The molecule has 0 bridgehead atoms. The van der Waals surface area contributed by atoms with Crippen LogP contribution in [0.15, 0.2) is 47.4 Å². The smallest absolute Gasteiger partial charge is 0.272 e. The molecule has 0 spiro atoms. The minimum atomic E-state index is -0.372. The summed E-state index contributed by atoms with van der Waals surface area (Å²) in [6.07, 6.45) is 3.20. The first-order valence-electron chi connectivity index (χ1n) is 9.02. The number of nitrogens with one attached hydrogen (secondary N) is 2. The van der Waals surface area contributed by atoms with Crippen molar-refractivity contribution in [3.05, 3.63) is 75.7 Å². The van der Waals surface area contributed by atoms with Crippen LogP contribution in [0.5, 0.6) is 0 Å². The Hall–Kier alpha value is -3.29. The third-order valence-electron chi connectivity index (χ3n) is 4.95. The van der Waals surface area contributed by atoms with E-state index in [9.17, 15) is 14.0 Å². The molecule has 0 aliphatic heterocycles. The van der Waals surface area contributed by atoms with Crippen molar-refractivity contribution in [1.82, 2.24) is 25.3 Å². The van der Waals surface area contributed by atoms with E-state index in [4.69, 9.17) is 0 Å². The fraction of sp³-hybridized carbons (Fsp3) is 0.300. The summed E-state index contributed by atoms with van der Waals surface area (Å²) in [5.74, 6) is -0.700. The van der Waals surface area contributed by atoms with E-state index in [1.54, 1.807) is 23.0 Å². The highest BCUT2D eigenvalue weighted by Crippen LogP contribution is 2.41. The van der Waals surface area contributed by atoms with E-state index < -0.39 is 0 Å². The summed E-state index contributed by atoms with van der Waals surface area (Å²) in [6, 6.07) is 8.67. The second-order valence-corrected chi connectivity index (χ2v) is 7.82. The van der Waals surface area contributed by atoms with Gasteiger partial charge in [0.15, 0.2) is 0 Å². The van der Waals surface area contributed by atoms with E-state index in [-0.39, 0.29) is 34.4 Å². The molecular weight excluding hydrogens is 361 g/mol. The van der Waals surface area contributed by atoms with Gasteiger partial charge in [-0.15, -0.1) is 0 Å². The van der Waals surface area contributed by atoms with Gasteiger partial charge in [0.25, 0.3) is 11.5 Å². The van der Waals surface area contributed by atoms with Crippen molar-refractivity contribution in [3.63, 3.8) is 0 Å². The Balaban J connectivity index is 1.68. The van der Waals surface area contributed by atoms with Crippen LogP contribution in [0.3, 0.4) is 0 Å². The second-order valence-electron chi connectivity index (χ2n) is 7.82. The number of fused-ring (bicyclic) bond motifs is 1. The molecule has 8 heteroatoms. The van der Waals surface area contributed by atoms with E-state index in [0.717, 1.165) is 24.1 Å². The van der Waals surface area contributed by atoms with Gasteiger partial charge < -0.3 is 5.32 Å². The third kappa shape index (κ3) is 3.45. The molecule has 0 unspecified atom stereocenters. The molecule has 7 nitrogen and oxygen atoms in total. The van der Waals surface area contributed by atoms with Crippen LogP contribution in [0.4, 0.5) is 4.39 Å². The minimum absolute atomic E-state index is 0.0888. The highest BCUT2D eigenvalue weighted by Gasteiger charge is 2.36. The van der Waals surface area contributed by atoms with E-state index in [2.05, 4.69) is 34.5 Å². The van der Waals surface area contributed by atoms with Crippen LogP contribution in [0, 0.1) is 11.2 Å². The fourth-order valence-electron chi connectivity index (χ4n) is 3.70. The van der Waals surface area contributed by atoms with Gasteiger partial charge in [-0.3, -0.25) is 9.59 Å². The first kappa shape index (κ1) is 18.1. The monoisotopic (exact) mass is 381 g/mol. The Morgan fingerprint density at radius 2 is 2.14 bits per heavy atom. The van der Waals surface area contributed by atoms with Gasteiger partial charge in [0.05, 0.1) is 23.6 Å². The van der Waals surface area contributed by atoms with Crippen molar-refractivity contribution in [2.75, 3.05) is 0 Å². The number of rotatable bonds is 3. The lowest BCUT2D eigenvalue weighted by atomic mass is 9.74.